The first-order valence-electron chi connectivity index (χ1n) is 3.87. The Morgan fingerprint density at radius 1 is 1.38 bits per heavy atom. The Balaban J connectivity index is 2.90. The van der Waals surface area contributed by atoms with Crippen molar-refractivity contribution in [2.45, 2.75) is 6.42 Å². The summed E-state index contributed by atoms with van der Waals surface area (Å²) in [5, 5.41) is 8.29. The smallest absolute Gasteiger partial charge is 0.134 e. The van der Waals surface area contributed by atoms with Crippen LogP contribution >= 0.6 is 0 Å². The Kier molecular flexibility index (Phi) is 3.42. The second kappa shape index (κ2) is 4.85. The van der Waals surface area contributed by atoms with E-state index in [0.717, 1.165) is 11.3 Å². The van der Waals surface area contributed by atoms with Crippen molar-refractivity contribution in [3.63, 3.8) is 0 Å². The van der Waals surface area contributed by atoms with E-state index in [1.807, 2.05) is 30.3 Å². The Morgan fingerprint density at radius 2 is 2.15 bits per heavy atom. The summed E-state index contributed by atoms with van der Waals surface area (Å²) in [4.78, 5) is 0. The number of ether oxygens (including phenoxy) is 1. The molecule has 1 aromatic carbocycles. The molecule has 0 saturated carbocycles. The number of nitrogens with zero attached hydrogens (tertiary/aromatic N) is 1. The number of nitriles is 1. The highest BCUT2D eigenvalue weighted by Crippen LogP contribution is 2.15. The molecule has 13 heavy (non-hydrogen) atoms. The summed E-state index contributed by atoms with van der Waals surface area (Å²) in [6.07, 6.45) is 0.248. The molecule has 1 rings (SSSR count). The lowest BCUT2D eigenvalue weighted by Crippen LogP contribution is -1.86. The van der Waals surface area contributed by atoms with Crippen LogP contribution in [0.3, 0.4) is 0 Å². The molecule has 0 fully saturated rings. The van der Waals surface area contributed by atoms with E-state index in [2.05, 4.69) is 11.8 Å². The molecule has 0 heterocycles. The van der Waals surface area contributed by atoms with Gasteiger partial charge >= 0.3 is 0 Å². The number of hydrogen-bond acceptors (Lipinski definition) is 2. The molecule has 0 aromatic heterocycles. The van der Waals surface area contributed by atoms with Crippen LogP contribution in [0.1, 0.15) is 12.0 Å². The van der Waals surface area contributed by atoms with Crippen molar-refractivity contribution in [2.24, 2.45) is 0 Å². The van der Waals surface area contributed by atoms with Crippen LogP contribution < -0.4 is 4.74 Å². The van der Waals surface area contributed by atoms with Crippen molar-refractivity contribution in [2.75, 3.05) is 7.11 Å². The van der Waals surface area contributed by atoms with Gasteiger partial charge in [-0.2, -0.15) is 5.26 Å². The molecule has 0 aliphatic rings. The summed E-state index contributed by atoms with van der Waals surface area (Å²) in [6, 6.07) is 9.44. The fourth-order valence-corrected chi connectivity index (χ4v) is 0.927. The predicted octanol–water partition coefficient (Wildman–Crippen LogP) is 1.96. The van der Waals surface area contributed by atoms with E-state index in [1.165, 1.54) is 0 Å². The van der Waals surface area contributed by atoms with Gasteiger partial charge in [0.05, 0.1) is 25.2 Å². The van der Waals surface area contributed by atoms with E-state index in [0.29, 0.717) is 0 Å². The summed E-state index contributed by atoms with van der Waals surface area (Å²) in [6.45, 7) is 0. The highest BCUT2D eigenvalue weighted by molar-refractivity contribution is 5.45. The van der Waals surface area contributed by atoms with Crippen LogP contribution in [-0.2, 0) is 0 Å². The summed E-state index contributed by atoms with van der Waals surface area (Å²) in [7, 11) is 1.60. The summed E-state index contributed by atoms with van der Waals surface area (Å²) < 4.78 is 5.09. The maximum Gasteiger partial charge on any atom is 0.134 e. The molecule has 0 aliphatic heterocycles. The van der Waals surface area contributed by atoms with E-state index in [1.54, 1.807) is 7.11 Å². The van der Waals surface area contributed by atoms with Crippen LogP contribution in [0.2, 0.25) is 0 Å². The first-order valence-corrected chi connectivity index (χ1v) is 3.87. The Morgan fingerprint density at radius 3 is 2.85 bits per heavy atom. The lowest BCUT2D eigenvalue weighted by atomic mass is 10.2. The minimum atomic E-state index is 0.248. The van der Waals surface area contributed by atoms with Gasteiger partial charge in [0.25, 0.3) is 0 Å². The Bertz CT molecular complexity index is 379. The second-order valence-corrected chi connectivity index (χ2v) is 2.34. The van der Waals surface area contributed by atoms with Gasteiger partial charge in [0.15, 0.2) is 0 Å². The molecule has 0 amide bonds. The Hall–Kier alpha value is -1.93. The molecule has 64 valence electrons. The van der Waals surface area contributed by atoms with Crippen LogP contribution in [0, 0.1) is 23.2 Å². The quantitative estimate of drug-likeness (QED) is 0.605. The molecule has 0 aliphatic carbocycles. The third-order valence-electron chi connectivity index (χ3n) is 1.50. The fraction of sp³-hybridized carbons (Fsp3) is 0.182. The maximum absolute atomic E-state index is 8.29. The second-order valence-electron chi connectivity index (χ2n) is 2.34. The van der Waals surface area contributed by atoms with Crippen molar-refractivity contribution in [3.8, 4) is 23.7 Å². The minimum absolute atomic E-state index is 0.248. The van der Waals surface area contributed by atoms with Crippen molar-refractivity contribution >= 4 is 0 Å². The fourth-order valence-electron chi connectivity index (χ4n) is 0.927. The van der Waals surface area contributed by atoms with E-state index in [4.69, 9.17) is 10.00 Å². The van der Waals surface area contributed by atoms with Gasteiger partial charge in [0.2, 0.25) is 0 Å². The highest BCUT2D eigenvalue weighted by atomic mass is 16.5. The molecule has 0 bridgehead atoms. The number of hydrogen-bond donors (Lipinski definition) is 0. The lowest BCUT2D eigenvalue weighted by molar-refractivity contribution is 0.413. The zero-order valence-electron chi connectivity index (χ0n) is 7.37. The third-order valence-corrected chi connectivity index (χ3v) is 1.50. The number of benzene rings is 1. The van der Waals surface area contributed by atoms with Crippen molar-refractivity contribution in [1.82, 2.24) is 0 Å². The van der Waals surface area contributed by atoms with Crippen LogP contribution in [0.25, 0.3) is 0 Å². The molecule has 0 unspecified atom stereocenters. The number of rotatable bonds is 1. The van der Waals surface area contributed by atoms with E-state index in [-0.39, 0.29) is 6.42 Å². The highest BCUT2D eigenvalue weighted by Gasteiger charge is 1.95. The number of methoxy groups -OCH3 is 1. The molecule has 2 heteroatoms. The first-order chi connectivity index (χ1) is 6.38. The largest absolute Gasteiger partial charge is 0.495 e. The summed E-state index contributed by atoms with van der Waals surface area (Å²) in [5.74, 6) is 6.35. The van der Waals surface area contributed by atoms with E-state index in [9.17, 15) is 0 Å². The minimum Gasteiger partial charge on any atom is -0.495 e. The van der Waals surface area contributed by atoms with Gasteiger partial charge in [0, 0.05) is 0 Å². The van der Waals surface area contributed by atoms with Gasteiger partial charge < -0.3 is 4.74 Å². The molecular formula is C11H9NO. The van der Waals surface area contributed by atoms with Crippen LogP contribution in [0.15, 0.2) is 24.3 Å². The molecule has 0 saturated heterocycles. The zero-order valence-corrected chi connectivity index (χ0v) is 7.37. The molecule has 2 nitrogen and oxygen atoms in total. The van der Waals surface area contributed by atoms with Gasteiger partial charge in [-0.15, -0.1) is 0 Å². The molecular weight excluding hydrogens is 162 g/mol. The SMILES string of the molecule is COc1ccccc1C#CCC#N. The molecule has 0 spiro atoms. The molecule has 0 N–H and O–H groups in total. The predicted molar refractivity (Wildman–Crippen MR) is 50.1 cm³/mol. The average molecular weight is 171 g/mol. The summed E-state index contributed by atoms with van der Waals surface area (Å²) in [5.41, 5.74) is 0.820. The normalized spacial score (nSPS) is 8.00. The molecule has 0 radical (unpaired) electrons. The standard InChI is InChI=1S/C11H9NO/c1-13-11-8-3-2-6-10(11)7-4-5-9-12/h2-3,6,8H,5H2,1H3. The van der Waals surface area contributed by atoms with Gasteiger partial charge in [-0.3, -0.25) is 0 Å². The van der Waals surface area contributed by atoms with Crippen LogP contribution in [0.4, 0.5) is 0 Å². The molecule has 1 aromatic rings. The van der Waals surface area contributed by atoms with Gasteiger partial charge in [-0.05, 0) is 12.1 Å². The Labute approximate surface area is 77.8 Å². The van der Waals surface area contributed by atoms with Crippen molar-refractivity contribution in [1.29, 1.82) is 5.26 Å². The topological polar surface area (TPSA) is 33.0 Å². The number of para-hydroxylation sites is 1. The van der Waals surface area contributed by atoms with Crippen LogP contribution in [0.5, 0.6) is 5.75 Å². The first kappa shape index (κ1) is 9.16. The van der Waals surface area contributed by atoms with E-state index >= 15 is 0 Å². The van der Waals surface area contributed by atoms with Crippen LogP contribution in [-0.4, -0.2) is 7.11 Å². The maximum atomic E-state index is 8.29. The van der Waals surface area contributed by atoms with E-state index < -0.39 is 0 Å². The van der Waals surface area contributed by atoms with Gasteiger partial charge in [0.1, 0.15) is 5.75 Å². The monoisotopic (exact) mass is 171 g/mol. The zero-order chi connectivity index (χ0) is 9.52. The lowest BCUT2D eigenvalue weighted by Gasteiger charge is -2.00. The van der Waals surface area contributed by atoms with Crippen molar-refractivity contribution < 1.29 is 4.74 Å². The summed E-state index contributed by atoms with van der Waals surface area (Å²) >= 11 is 0. The molecule has 0 atom stereocenters. The van der Waals surface area contributed by atoms with Gasteiger partial charge in [-0.25, -0.2) is 0 Å². The van der Waals surface area contributed by atoms with Crippen molar-refractivity contribution in [3.05, 3.63) is 29.8 Å². The third kappa shape index (κ3) is 2.54. The average Bonchev–Trinajstić information content (AvgIpc) is 2.19. The van der Waals surface area contributed by atoms with Gasteiger partial charge in [-0.1, -0.05) is 24.0 Å².